The monoisotopic (exact) mass is 432 g/mol. The fraction of sp³-hybridized carbons (Fsp3) is 0.500. The minimum atomic E-state index is -3.48. The number of thiophene rings is 1. The fourth-order valence-corrected chi connectivity index (χ4v) is 6.90. The molecule has 0 unspecified atom stereocenters. The molecule has 1 N–H and O–H groups in total. The average molecular weight is 433 g/mol. The molecule has 1 fully saturated rings. The second kappa shape index (κ2) is 7.01. The van der Waals surface area contributed by atoms with Crippen LogP contribution in [0.25, 0.3) is 10.1 Å². The highest BCUT2D eigenvalue weighted by Crippen LogP contribution is 2.37. The van der Waals surface area contributed by atoms with Crippen LogP contribution in [0.4, 0.5) is 0 Å². The van der Waals surface area contributed by atoms with E-state index in [4.69, 9.17) is 5.11 Å². The van der Waals surface area contributed by atoms with Crippen molar-refractivity contribution >= 4 is 47.4 Å². The summed E-state index contributed by atoms with van der Waals surface area (Å²) in [6, 6.07) is 6.03. The number of benzene rings is 1. The van der Waals surface area contributed by atoms with Crippen LogP contribution in [0.5, 0.6) is 0 Å². The normalized spacial score (nSPS) is 19.6. The molecule has 0 radical (unpaired) electrons. The molecule has 24 heavy (non-hydrogen) atoms. The largest absolute Gasteiger partial charge is 0.395 e. The van der Waals surface area contributed by atoms with E-state index in [0.717, 1.165) is 26.5 Å². The molecule has 1 atom stereocenters. The smallest absolute Gasteiger partial charge is 0.252 e. The topological polar surface area (TPSA) is 60.9 Å². The number of nitrogens with zero attached hydrogens (tertiary/aromatic N) is 2. The van der Waals surface area contributed by atoms with Gasteiger partial charge < -0.3 is 5.11 Å². The first-order chi connectivity index (χ1) is 11.3. The number of aliphatic hydroxyl groups excluding tert-OH is 1. The van der Waals surface area contributed by atoms with Crippen molar-refractivity contribution in [3.05, 3.63) is 28.2 Å². The van der Waals surface area contributed by atoms with Gasteiger partial charge in [-0.2, -0.15) is 4.31 Å². The fourth-order valence-electron chi connectivity index (χ4n) is 3.16. The van der Waals surface area contributed by atoms with E-state index >= 15 is 0 Å². The molecule has 5 nitrogen and oxygen atoms in total. The van der Waals surface area contributed by atoms with Gasteiger partial charge in [0.2, 0.25) is 0 Å². The van der Waals surface area contributed by atoms with Gasteiger partial charge >= 0.3 is 0 Å². The summed E-state index contributed by atoms with van der Waals surface area (Å²) in [5, 5.41) is 10.1. The van der Waals surface area contributed by atoms with Crippen molar-refractivity contribution in [1.82, 2.24) is 9.21 Å². The Morgan fingerprint density at radius 1 is 1.46 bits per heavy atom. The second-order valence-electron chi connectivity index (χ2n) is 6.16. The predicted molar refractivity (Wildman–Crippen MR) is 101 cm³/mol. The molecule has 2 aromatic rings. The van der Waals surface area contributed by atoms with Crippen molar-refractivity contribution in [2.45, 2.75) is 23.6 Å². The Morgan fingerprint density at radius 2 is 2.21 bits per heavy atom. The van der Waals surface area contributed by atoms with Crippen LogP contribution in [-0.4, -0.2) is 62.1 Å². The number of aryl methyl sites for hydroxylation is 1. The van der Waals surface area contributed by atoms with Gasteiger partial charge in [0.25, 0.3) is 10.0 Å². The number of rotatable bonds is 5. The van der Waals surface area contributed by atoms with Crippen LogP contribution in [-0.2, 0) is 10.0 Å². The Bertz CT molecular complexity index is 850. The van der Waals surface area contributed by atoms with E-state index in [1.165, 1.54) is 11.3 Å². The summed E-state index contributed by atoms with van der Waals surface area (Å²) >= 11 is 4.79. The summed E-state index contributed by atoms with van der Waals surface area (Å²) in [5.74, 6) is 0. The first-order valence-corrected chi connectivity index (χ1v) is 10.9. The summed E-state index contributed by atoms with van der Waals surface area (Å²) in [6.07, 6.45) is 0.797. The lowest BCUT2D eigenvalue weighted by atomic mass is 10.2. The zero-order chi connectivity index (χ0) is 17.5. The number of halogens is 1. The van der Waals surface area contributed by atoms with Gasteiger partial charge in [-0.25, -0.2) is 8.42 Å². The van der Waals surface area contributed by atoms with Crippen molar-refractivity contribution in [2.75, 3.05) is 33.3 Å². The molecule has 1 aliphatic heterocycles. The van der Waals surface area contributed by atoms with Crippen LogP contribution in [0.2, 0.25) is 0 Å². The molecule has 132 valence electrons. The van der Waals surface area contributed by atoms with Gasteiger partial charge in [0.15, 0.2) is 0 Å². The first-order valence-electron chi connectivity index (χ1n) is 7.84. The molecule has 0 saturated carbocycles. The number of sulfonamides is 1. The quantitative estimate of drug-likeness (QED) is 0.788. The summed E-state index contributed by atoms with van der Waals surface area (Å²) in [7, 11) is -1.55. The van der Waals surface area contributed by atoms with Gasteiger partial charge in [-0.15, -0.1) is 11.3 Å². The molecule has 0 amide bonds. The number of hydrogen-bond donors (Lipinski definition) is 1. The van der Waals surface area contributed by atoms with E-state index in [-0.39, 0.29) is 12.6 Å². The van der Waals surface area contributed by atoms with Gasteiger partial charge in [0, 0.05) is 34.8 Å². The van der Waals surface area contributed by atoms with E-state index in [1.54, 1.807) is 4.31 Å². The molecule has 0 bridgehead atoms. The standard InChI is InChI=1S/C16H21BrN2O3S2/c1-11-14-9-12(17)3-4-15(14)23-16(11)24(21,22)19-6-5-13(10-19)18(2)7-8-20/h3-4,9,13,20H,5-8,10H2,1-2H3/t13-/m1/s1. The minimum Gasteiger partial charge on any atom is -0.395 e. The Balaban J connectivity index is 1.90. The molecule has 0 spiro atoms. The lowest BCUT2D eigenvalue weighted by Crippen LogP contribution is -2.37. The van der Waals surface area contributed by atoms with Crippen LogP contribution in [0.1, 0.15) is 12.0 Å². The SMILES string of the molecule is Cc1c(S(=O)(=O)N2CC[C@@H](N(C)CCO)C2)sc2ccc(Br)cc12. The van der Waals surface area contributed by atoms with Gasteiger partial charge in [-0.05, 0) is 49.5 Å². The maximum absolute atomic E-state index is 13.1. The maximum Gasteiger partial charge on any atom is 0.252 e. The highest BCUT2D eigenvalue weighted by atomic mass is 79.9. The van der Waals surface area contributed by atoms with Gasteiger partial charge in [-0.3, -0.25) is 4.90 Å². The van der Waals surface area contributed by atoms with E-state index in [1.807, 2.05) is 37.1 Å². The number of fused-ring (bicyclic) bond motifs is 1. The molecule has 8 heteroatoms. The summed E-state index contributed by atoms with van der Waals surface area (Å²) in [5.41, 5.74) is 0.823. The van der Waals surface area contributed by atoms with Crippen molar-refractivity contribution in [2.24, 2.45) is 0 Å². The minimum absolute atomic E-state index is 0.0874. The zero-order valence-electron chi connectivity index (χ0n) is 13.7. The van der Waals surface area contributed by atoms with Crippen molar-refractivity contribution < 1.29 is 13.5 Å². The zero-order valence-corrected chi connectivity index (χ0v) is 16.9. The molecule has 3 rings (SSSR count). The highest BCUT2D eigenvalue weighted by Gasteiger charge is 2.36. The van der Waals surface area contributed by atoms with E-state index in [9.17, 15) is 8.42 Å². The van der Waals surface area contributed by atoms with Crippen LogP contribution in [0, 0.1) is 6.92 Å². The van der Waals surface area contributed by atoms with Gasteiger partial charge in [-0.1, -0.05) is 15.9 Å². The summed E-state index contributed by atoms with van der Waals surface area (Å²) < 4.78 is 30.2. The van der Waals surface area contributed by atoms with Crippen LogP contribution < -0.4 is 0 Å². The lowest BCUT2D eigenvalue weighted by molar-refractivity contribution is 0.184. The van der Waals surface area contributed by atoms with Gasteiger partial charge in [0.1, 0.15) is 4.21 Å². The lowest BCUT2D eigenvalue weighted by Gasteiger charge is -2.23. The van der Waals surface area contributed by atoms with E-state index in [0.29, 0.717) is 23.8 Å². The predicted octanol–water partition coefficient (Wildman–Crippen LogP) is 2.66. The maximum atomic E-state index is 13.1. The van der Waals surface area contributed by atoms with E-state index < -0.39 is 10.0 Å². The van der Waals surface area contributed by atoms with Gasteiger partial charge in [0.05, 0.1) is 6.61 Å². The summed E-state index contributed by atoms with van der Waals surface area (Å²) in [4.78, 5) is 2.03. The van der Waals surface area contributed by atoms with Crippen LogP contribution in [0.15, 0.2) is 26.9 Å². The molecule has 1 aromatic heterocycles. The molecular formula is C16H21BrN2O3S2. The number of aliphatic hydroxyl groups is 1. The molecule has 1 aliphatic rings. The molecule has 1 saturated heterocycles. The average Bonchev–Trinajstić information content (AvgIpc) is 3.14. The molecule has 1 aromatic carbocycles. The van der Waals surface area contributed by atoms with Crippen LogP contribution in [0.3, 0.4) is 0 Å². The highest BCUT2D eigenvalue weighted by molar-refractivity contribution is 9.10. The molecule has 0 aliphatic carbocycles. The Kier molecular flexibility index (Phi) is 5.34. The molecule has 2 heterocycles. The van der Waals surface area contributed by atoms with Crippen molar-refractivity contribution in [1.29, 1.82) is 0 Å². The van der Waals surface area contributed by atoms with E-state index in [2.05, 4.69) is 15.9 Å². The third-order valence-corrected chi connectivity index (χ3v) is 8.86. The Hall–Kier alpha value is -0.510. The Labute approximate surface area is 155 Å². The third-order valence-electron chi connectivity index (χ3n) is 4.63. The second-order valence-corrected chi connectivity index (χ2v) is 10.3. The van der Waals surface area contributed by atoms with Crippen molar-refractivity contribution in [3.63, 3.8) is 0 Å². The number of hydrogen-bond acceptors (Lipinski definition) is 5. The first kappa shape index (κ1) is 18.3. The third kappa shape index (κ3) is 3.27. The summed E-state index contributed by atoms with van der Waals surface area (Å²) in [6.45, 7) is 3.54. The Morgan fingerprint density at radius 3 is 2.92 bits per heavy atom. The van der Waals surface area contributed by atoms with Crippen LogP contribution >= 0.6 is 27.3 Å². The number of likely N-dealkylation sites (N-methyl/N-ethyl adjacent to an activating group) is 1. The van der Waals surface area contributed by atoms with Crippen molar-refractivity contribution in [3.8, 4) is 0 Å². The molecular weight excluding hydrogens is 412 g/mol.